The van der Waals surface area contributed by atoms with Gasteiger partial charge in [-0.15, -0.1) is 0 Å². The number of hydrogen-bond acceptors (Lipinski definition) is 5. The molecule has 0 saturated carbocycles. The Morgan fingerprint density at radius 2 is 1.96 bits per heavy atom. The average molecular weight is 328 g/mol. The number of piperidine rings is 2. The van der Waals surface area contributed by atoms with Crippen LogP contribution in [0, 0.1) is 0 Å². The van der Waals surface area contributed by atoms with Gasteiger partial charge in [-0.3, -0.25) is 14.9 Å². The zero-order chi connectivity index (χ0) is 16.7. The van der Waals surface area contributed by atoms with E-state index in [1.165, 1.54) is 0 Å². The lowest BCUT2D eigenvalue weighted by atomic mass is 9.90. The highest BCUT2D eigenvalue weighted by atomic mass is 16.3. The summed E-state index contributed by atoms with van der Waals surface area (Å²) in [7, 11) is 0. The normalized spacial score (nSPS) is 22.9. The molecule has 4 rings (SSSR count). The predicted molar refractivity (Wildman–Crippen MR) is 88.8 cm³/mol. The van der Waals surface area contributed by atoms with Crippen molar-refractivity contribution in [3.63, 3.8) is 0 Å². The van der Waals surface area contributed by atoms with Gasteiger partial charge in [-0.2, -0.15) is 0 Å². The van der Waals surface area contributed by atoms with E-state index in [9.17, 15) is 14.7 Å². The zero-order valence-electron chi connectivity index (χ0n) is 13.3. The Morgan fingerprint density at radius 3 is 2.71 bits per heavy atom. The number of amides is 2. The molecular weight excluding hydrogens is 308 g/mol. The van der Waals surface area contributed by atoms with Gasteiger partial charge in [0.1, 0.15) is 5.58 Å². The molecule has 1 aromatic heterocycles. The van der Waals surface area contributed by atoms with Gasteiger partial charge < -0.3 is 14.4 Å². The average Bonchev–Trinajstić information content (AvgIpc) is 2.98. The van der Waals surface area contributed by atoms with Gasteiger partial charge in [-0.05, 0) is 31.4 Å². The van der Waals surface area contributed by atoms with Crippen molar-refractivity contribution in [1.82, 2.24) is 5.32 Å². The molecule has 3 heterocycles. The molecule has 2 aliphatic heterocycles. The molecular formula is C18H20N2O4. The molecule has 0 aliphatic carbocycles. The summed E-state index contributed by atoms with van der Waals surface area (Å²) in [5, 5.41) is 12.9. The molecule has 2 fully saturated rings. The number of nitrogens with zero attached hydrogens (tertiary/aromatic N) is 1. The monoisotopic (exact) mass is 328 g/mol. The number of imide groups is 1. The molecule has 2 saturated heterocycles. The van der Waals surface area contributed by atoms with Gasteiger partial charge in [0.15, 0.2) is 0 Å². The van der Waals surface area contributed by atoms with Gasteiger partial charge in [0.2, 0.25) is 11.8 Å². The number of rotatable bonds is 2. The smallest absolute Gasteiger partial charge is 0.234 e. The molecule has 6 heteroatoms. The minimum absolute atomic E-state index is 0.201. The van der Waals surface area contributed by atoms with Crippen LogP contribution in [0.4, 0.5) is 5.69 Å². The van der Waals surface area contributed by atoms with Crippen molar-refractivity contribution in [2.75, 3.05) is 18.0 Å². The first-order valence-corrected chi connectivity index (χ1v) is 8.39. The van der Waals surface area contributed by atoms with Crippen molar-refractivity contribution >= 4 is 28.5 Å². The minimum Gasteiger partial charge on any atom is -0.464 e. The maximum Gasteiger partial charge on any atom is 0.234 e. The molecule has 0 radical (unpaired) electrons. The summed E-state index contributed by atoms with van der Waals surface area (Å²) in [5.74, 6) is -0.790. The molecule has 2 N–H and O–H groups in total. The fourth-order valence-electron chi connectivity index (χ4n) is 3.62. The van der Waals surface area contributed by atoms with E-state index in [4.69, 9.17) is 4.42 Å². The van der Waals surface area contributed by atoms with E-state index < -0.39 is 0 Å². The van der Waals surface area contributed by atoms with Crippen molar-refractivity contribution in [1.29, 1.82) is 0 Å². The Hall–Kier alpha value is -2.34. The minimum atomic E-state index is -0.333. The molecule has 0 unspecified atom stereocenters. The quantitative estimate of drug-likeness (QED) is 0.823. The van der Waals surface area contributed by atoms with E-state index in [0.717, 1.165) is 48.2 Å². The summed E-state index contributed by atoms with van der Waals surface area (Å²) in [6.07, 6.45) is 3.86. The Kier molecular flexibility index (Phi) is 3.76. The fourth-order valence-corrected chi connectivity index (χ4v) is 3.62. The molecule has 2 amide bonds. The molecule has 2 aliphatic rings. The van der Waals surface area contributed by atoms with Crippen molar-refractivity contribution in [3.05, 3.63) is 30.0 Å². The third-order valence-corrected chi connectivity index (χ3v) is 5.03. The Morgan fingerprint density at radius 1 is 1.17 bits per heavy atom. The third kappa shape index (κ3) is 2.67. The van der Waals surface area contributed by atoms with Crippen molar-refractivity contribution in [2.45, 2.75) is 37.7 Å². The number of benzene rings is 1. The van der Waals surface area contributed by atoms with Crippen LogP contribution in [0.15, 0.2) is 28.9 Å². The number of aliphatic hydroxyl groups is 1. The number of hydrogen-bond donors (Lipinski definition) is 2. The van der Waals surface area contributed by atoms with E-state index in [-0.39, 0.29) is 23.8 Å². The number of fused-ring (bicyclic) bond motifs is 1. The summed E-state index contributed by atoms with van der Waals surface area (Å²) in [6.45, 7) is 1.65. The summed E-state index contributed by atoms with van der Waals surface area (Å²) in [6, 6.07) is 6.01. The van der Waals surface area contributed by atoms with E-state index in [1.807, 2.05) is 18.2 Å². The SMILES string of the molecule is O=C1CC[C@H](c2coc3cc(N4CCC(O)CC4)ccc23)C(=O)N1. The fraction of sp³-hybridized carbons (Fsp3) is 0.444. The number of aliphatic hydroxyl groups excluding tert-OH is 1. The van der Waals surface area contributed by atoms with Crippen LogP contribution in [0.1, 0.15) is 37.2 Å². The van der Waals surface area contributed by atoms with Crippen LogP contribution in [0.2, 0.25) is 0 Å². The van der Waals surface area contributed by atoms with E-state index >= 15 is 0 Å². The van der Waals surface area contributed by atoms with Crippen LogP contribution in [0.25, 0.3) is 11.0 Å². The second-order valence-electron chi connectivity index (χ2n) is 6.59. The highest BCUT2D eigenvalue weighted by Crippen LogP contribution is 2.34. The topological polar surface area (TPSA) is 82.8 Å². The van der Waals surface area contributed by atoms with Crippen molar-refractivity contribution < 1.29 is 19.1 Å². The predicted octanol–water partition coefficient (Wildman–Crippen LogP) is 1.91. The van der Waals surface area contributed by atoms with Crippen LogP contribution in [-0.4, -0.2) is 36.1 Å². The first-order valence-electron chi connectivity index (χ1n) is 8.39. The van der Waals surface area contributed by atoms with Gasteiger partial charge in [0, 0.05) is 42.2 Å². The molecule has 0 spiro atoms. The molecule has 126 valence electrons. The molecule has 24 heavy (non-hydrogen) atoms. The Labute approximate surface area is 139 Å². The Bertz CT molecular complexity index is 789. The van der Waals surface area contributed by atoms with Crippen LogP contribution in [0.5, 0.6) is 0 Å². The second kappa shape index (κ2) is 5.94. The highest BCUT2D eigenvalue weighted by molar-refractivity contribution is 6.02. The van der Waals surface area contributed by atoms with E-state index in [2.05, 4.69) is 10.2 Å². The Balaban J connectivity index is 1.61. The molecule has 0 bridgehead atoms. The standard InChI is InChI=1S/C18H20N2O4/c21-12-5-7-20(8-6-12)11-1-2-13-15(10-24-16(13)9-11)14-3-4-17(22)19-18(14)23/h1-2,9-10,12,14,21H,3-8H2,(H,19,22,23)/t14-/m1/s1. The van der Waals surface area contributed by atoms with Gasteiger partial charge >= 0.3 is 0 Å². The van der Waals surface area contributed by atoms with Crippen LogP contribution in [-0.2, 0) is 9.59 Å². The summed E-state index contributed by atoms with van der Waals surface area (Å²) >= 11 is 0. The number of carbonyl (C=O) groups excluding carboxylic acids is 2. The summed E-state index contributed by atoms with van der Waals surface area (Å²) in [4.78, 5) is 25.6. The lowest BCUT2D eigenvalue weighted by Crippen LogP contribution is -2.39. The number of carbonyl (C=O) groups is 2. The van der Waals surface area contributed by atoms with Gasteiger partial charge in [0.05, 0.1) is 18.3 Å². The largest absolute Gasteiger partial charge is 0.464 e. The lowest BCUT2D eigenvalue weighted by molar-refractivity contribution is -0.134. The maximum absolute atomic E-state index is 12.1. The number of anilines is 1. The van der Waals surface area contributed by atoms with Crippen molar-refractivity contribution in [3.8, 4) is 0 Å². The van der Waals surface area contributed by atoms with Gasteiger partial charge in [0.25, 0.3) is 0 Å². The second-order valence-corrected chi connectivity index (χ2v) is 6.59. The van der Waals surface area contributed by atoms with Gasteiger partial charge in [-0.25, -0.2) is 0 Å². The van der Waals surface area contributed by atoms with Crippen LogP contribution < -0.4 is 10.2 Å². The first kappa shape index (κ1) is 15.2. The number of furan rings is 1. The zero-order valence-corrected chi connectivity index (χ0v) is 13.3. The van der Waals surface area contributed by atoms with Crippen molar-refractivity contribution in [2.24, 2.45) is 0 Å². The maximum atomic E-state index is 12.1. The molecule has 6 nitrogen and oxygen atoms in total. The summed E-state index contributed by atoms with van der Waals surface area (Å²) in [5.41, 5.74) is 2.66. The van der Waals surface area contributed by atoms with Crippen LogP contribution >= 0.6 is 0 Å². The van der Waals surface area contributed by atoms with E-state index in [1.54, 1.807) is 6.26 Å². The van der Waals surface area contributed by atoms with Crippen LogP contribution in [0.3, 0.4) is 0 Å². The number of nitrogens with one attached hydrogen (secondary N) is 1. The first-order chi connectivity index (χ1) is 11.6. The summed E-state index contributed by atoms with van der Waals surface area (Å²) < 4.78 is 5.69. The van der Waals surface area contributed by atoms with E-state index in [0.29, 0.717) is 12.8 Å². The highest BCUT2D eigenvalue weighted by Gasteiger charge is 2.30. The molecule has 1 atom stereocenters. The lowest BCUT2D eigenvalue weighted by Gasteiger charge is -2.31. The molecule has 1 aromatic carbocycles. The van der Waals surface area contributed by atoms with Gasteiger partial charge in [-0.1, -0.05) is 0 Å². The molecule has 2 aromatic rings. The third-order valence-electron chi connectivity index (χ3n) is 5.03.